The molecule has 3 aliphatic carbocycles. The zero-order chi connectivity index (χ0) is 28.4. The number of carbonyl (C=O) groups excluding carboxylic acids is 3. The molecule has 0 aromatic heterocycles. The number of rotatable bonds is 5. The van der Waals surface area contributed by atoms with Crippen LogP contribution in [0.15, 0.2) is 77.9 Å². The summed E-state index contributed by atoms with van der Waals surface area (Å²) in [6.45, 7) is 2.53. The number of amides is 3. The number of benzene rings is 3. The third-order valence-corrected chi connectivity index (χ3v) is 8.79. The van der Waals surface area contributed by atoms with E-state index in [9.17, 15) is 19.6 Å². The highest BCUT2D eigenvalue weighted by molar-refractivity contribution is 6.25. The highest BCUT2D eigenvalue weighted by atomic mass is 16.7. The Kier molecular flexibility index (Phi) is 5.68. The van der Waals surface area contributed by atoms with Crippen LogP contribution in [0.25, 0.3) is 0 Å². The van der Waals surface area contributed by atoms with Crippen molar-refractivity contribution in [2.24, 2.45) is 16.9 Å². The largest absolute Gasteiger partial charge is 0.347 e. The van der Waals surface area contributed by atoms with Crippen LogP contribution in [-0.4, -0.2) is 42.9 Å². The average Bonchev–Trinajstić information content (AvgIpc) is 3.53. The van der Waals surface area contributed by atoms with Gasteiger partial charge in [-0.1, -0.05) is 60.7 Å². The molecule has 2 heterocycles. The number of hydrazone groups is 1. The summed E-state index contributed by atoms with van der Waals surface area (Å²) in [6, 6.07) is 24.3. The van der Waals surface area contributed by atoms with E-state index in [0.717, 1.165) is 22.3 Å². The molecular formula is C32H26N4O5. The summed E-state index contributed by atoms with van der Waals surface area (Å²) in [5.74, 6) is -4.03. The predicted octanol–water partition coefficient (Wildman–Crippen LogP) is 3.36. The van der Waals surface area contributed by atoms with Crippen molar-refractivity contribution in [1.82, 2.24) is 5.43 Å². The van der Waals surface area contributed by atoms with E-state index in [1.807, 2.05) is 48.5 Å². The van der Waals surface area contributed by atoms with Crippen molar-refractivity contribution >= 4 is 29.6 Å². The number of hydrogen-bond donors (Lipinski definition) is 1. The van der Waals surface area contributed by atoms with Gasteiger partial charge in [-0.25, -0.2) is 10.3 Å². The SMILES string of the molecule is CC1(CC(=O)N/N=C/C23c4ccccc4C(c4ccccc42)C2C(=O)N(c4ccccc4C#N)C(=O)C23)OCCO1. The van der Waals surface area contributed by atoms with Crippen LogP contribution in [0.5, 0.6) is 0 Å². The zero-order valence-corrected chi connectivity index (χ0v) is 22.2. The topological polar surface area (TPSA) is 121 Å². The predicted molar refractivity (Wildman–Crippen MR) is 148 cm³/mol. The van der Waals surface area contributed by atoms with Gasteiger partial charge in [-0.05, 0) is 41.3 Å². The lowest BCUT2D eigenvalue weighted by molar-refractivity contribution is -0.159. The summed E-state index contributed by atoms with van der Waals surface area (Å²) < 4.78 is 11.1. The van der Waals surface area contributed by atoms with Crippen LogP contribution in [0.3, 0.4) is 0 Å². The Morgan fingerprint density at radius 1 is 1.00 bits per heavy atom. The standard InChI is InChI=1S/C32H26N4O5/c1-31(40-14-15-41-31)16-25(37)35-34-18-32-22-11-5-3-9-20(22)26(21-10-4-6-12-23(21)32)27-28(32)30(39)36(29(27)38)24-13-7-2-8-19(24)17-33/h2-13,18,26-28H,14-16H2,1H3,(H,35,37)/b34-18+. The summed E-state index contributed by atoms with van der Waals surface area (Å²) in [6.07, 6.45) is 1.56. The first kappa shape index (κ1) is 25.3. The van der Waals surface area contributed by atoms with Crippen LogP contribution in [-0.2, 0) is 29.3 Å². The zero-order valence-electron chi connectivity index (χ0n) is 22.2. The molecular weight excluding hydrogens is 520 g/mol. The van der Waals surface area contributed by atoms with Gasteiger partial charge in [0.2, 0.25) is 17.7 Å². The van der Waals surface area contributed by atoms with Crippen molar-refractivity contribution in [1.29, 1.82) is 5.26 Å². The number of nitriles is 1. The number of para-hydroxylation sites is 1. The Morgan fingerprint density at radius 3 is 2.27 bits per heavy atom. The van der Waals surface area contributed by atoms with E-state index in [1.54, 1.807) is 37.4 Å². The molecule has 0 saturated carbocycles. The summed E-state index contributed by atoms with van der Waals surface area (Å²) in [5.41, 5.74) is 5.63. The minimum absolute atomic E-state index is 0.0468. The minimum atomic E-state index is -1.13. The van der Waals surface area contributed by atoms with Crippen LogP contribution < -0.4 is 10.3 Å². The van der Waals surface area contributed by atoms with E-state index in [-0.39, 0.29) is 29.5 Å². The molecule has 1 N–H and O–H groups in total. The van der Waals surface area contributed by atoms with E-state index in [2.05, 4.69) is 16.6 Å². The lowest BCUT2D eigenvalue weighted by Crippen LogP contribution is -2.54. The van der Waals surface area contributed by atoms with E-state index in [0.29, 0.717) is 13.2 Å². The minimum Gasteiger partial charge on any atom is -0.347 e. The first-order chi connectivity index (χ1) is 19.9. The fourth-order valence-electron chi connectivity index (χ4n) is 7.25. The fraction of sp³-hybridized carbons (Fsp3) is 0.281. The van der Waals surface area contributed by atoms with Gasteiger partial charge in [0, 0.05) is 12.1 Å². The first-order valence-corrected chi connectivity index (χ1v) is 13.6. The summed E-state index contributed by atoms with van der Waals surface area (Å²) in [4.78, 5) is 42.7. The van der Waals surface area contributed by atoms with Gasteiger partial charge in [-0.15, -0.1) is 0 Å². The van der Waals surface area contributed by atoms with Gasteiger partial charge >= 0.3 is 0 Å². The molecule has 3 aromatic carbocycles. The summed E-state index contributed by atoms with van der Waals surface area (Å²) >= 11 is 0. The Morgan fingerprint density at radius 2 is 1.61 bits per heavy atom. The third kappa shape index (κ3) is 3.54. The van der Waals surface area contributed by atoms with E-state index < -0.39 is 34.9 Å². The number of nitrogens with one attached hydrogen (secondary N) is 1. The number of imide groups is 1. The van der Waals surface area contributed by atoms with Crippen molar-refractivity contribution in [2.75, 3.05) is 18.1 Å². The Bertz CT molecular complexity index is 1640. The van der Waals surface area contributed by atoms with Crippen molar-refractivity contribution in [2.45, 2.75) is 30.5 Å². The number of ether oxygens (including phenoxy) is 2. The molecule has 2 saturated heterocycles. The van der Waals surface area contributed by atoms with Gasteiger partial charge in [0.15, 0.2) is 5.79 Å². The quantitative estimate of drug-likeness (QED) is 0.298. The van der Waals surface area contributed by atoms with Gasteiger partial charge < -0.3 is 9.47 Å². The van der Waals surface area contributed by atoms with Gasteiger partial charge in [0.25, 0.3) is 0 Å². The van der Waals surface area contributed by atoms with Crippen LogP contribution in [0.1, 0.15) is 47.1 Å². The fourth-order valence-corrected chi connectivity index (χ4v) is 7.25. The maximum atomic E-state index is 14.4. The van der Waals surface area contributed by atoms with Gasteiger partial charge in [0.05, 0.1) is 48.1 Å². The Hall–Kier alpha value is -4.65. The third-order valence-electron chi connectivity index (χ3n) is 8.79. The maximum absolute atomic E-state index is 14.4. The second-order valence-corrected chi connectivity index (χ2v) is 11.0. The molecule has 0 radical (unpaired) electrons. The second kappa shape index (κ2) is 9.20. The van der Waals surface area contributed by atoms with Crippen molar-refractivity contribution in [3.8, 4) is 6.07 Å². The number of anilines is 1. The number of nitrogens with zero attached hydrogens (tertiary/aromatic N) is 3. The maximum Gasteiger partial charge on any atom is 0.245 e. The molecule has 3 amide bonds. The lowest BCUT2D eigenvalue weighted by atomic mass is 9.47. The molecule has 9 heteroatoms. The van der Waals surface area contributed by atoms with Gasteiger partial charge in [-0.2, -0.15) is 10.4 Å². The van der Waals surface area contributed by atoms with Crippen molar-refractivity contribution in [3.63, 3.8) is 0 Å². The molecule has 2 unspecified atom stereocenters. The molecule has 9 nitrogen and oxygen atoms in total. The lowest BCUT2D eigenvalue weighted by Gasteiger charge is -2.52. The van der Waals surface area contributed by atoms with Crippen LogP contribution in [0, 0.1) is 23.2 Å². The van der Waals surface area contributed by atoms with Crippen molar-refractivity contribution < 1.29 is 23.9 Å². The Balaban J connectivity index is 1.37. The smallest absolute Gasteiger partial charge is 0.245 e. The first-order valence-electron chi connectivity index (χ1n) is 13.6. The highest BCUT2D eigenvalue weighted by Gasteiger charge is 2.68. The molecule has 0 spiro atoms. The molecule has 3 aromatic rings. The van der Waals surface area contributed by atoms with Gasteiger partial charge in [0.1, 0.15) is 6.07 Å². The molecule has 8 rings (SSSR count). The van der Waals surface area contributed by atoms with Crippen LogP contribution in [0.4, 0.5) is 5.69 Å². The van der Waals surface area contributed by atoms with E-state index in [1.165, 1.54) is 4.90 Å². The molecule has 2 atom stereocenters. The summed E-state index contributed by atoms with van der Waals surface area (Å²) in [5, 5.41) is 14.2. The normalized spacial score (nSPS) is 26.9. The second-order valence-electron chi connectivity index (χ2n) is 11.0. The monoisotopic (exact) mass is 546 g/mol. The van der Waals surface area contributed by atoms with E-state index >= 15 is 0 Å². The van der Waals surface area contributed by atoms with Crippen LogP contribution >= 0.6 is 0 Å². The number of hydrogen-bond acceptors (Lipinski definition) is 7. The number of carbonyl (C=O) groups is 3. The molecule has 2 fully saturated rings. The summed E-state index contributed by atoms with van der Waals surface area (Å²) in [7, 11) is 0. The molecule has 2 aliphatic heterocycles. The molecule has 41 heavy (non-hydrogen) atoms. The van der Waals surface area contributed by atoms with Crippen molar-refractivity contribution in [3.05, 3.63) is 101 Å². The van der Waals surface area contributed by atoms with Gasteiger partial charge in [-0.3, -0.25) is 14.4 Å². The van der Waals surface area contributed by atoms with E-state index in [4.69, 9.17) is 9.47 Å². The molecule has 2 bridgehead atoms. The molecule has 204 valence electrons. The Labute approximate surface area is 236 Å². The molecule has 5 aliphatic rings. The highest BCUT2D eigenvalue weighted by Crippen LogP contribution is 2.63. The average molecular weight is 547 g/mol. The van der Waals surface area contributed by atoms with Crippen LogP contribution in [0.2, 0.25) is 0 Å².